The minimum Gasteiger partial charge on any atom is -0.460 e. The number of carbonyl (C=O) groups excluding carboxylic acids is 2. The first-order valence-electron chi connectivity index (χ1n) is 9.83. The van der Waals surface area contributed by atoms with Crippen LogP contribution in [0.5, 0.6) is 0 Å². The van der Waals surface area contributed by atoms with Crippen LogP contribution in [0.25, 0.3) is 0 Å². The number of imidazole rings is 1. The van der Waals surface area contributed by atoms with E-state index in [0.717, 1.165) is 17.0 Å². The van der Waals surface area contributed by atoms with E-state index in [0.29, 0.717) is 51.7 Å². The highest BCUT2D eigenvalue weighted by Gasteiger charge is 2.50. The number of ether oxygens (including phenoxy) is 1. The van der Waals surface area contributed by atoms with E-state index >= 15 is 0 Å². The van der Waals surface area contributed by atoms with E-state index in [-0.39, 0.29) is 18.0 Å². The molecule has 2 aliphatic heterocycles. The van der Waals surface area contributed by atoms with Crippen LogP contribution in [0, 0.1) is 19.3 Å². The normalized spacial score (nSPS) is 21.3. The Morgan fingerprint density at radius 2 is 2.11 bits per heavy atom. The molecule has 0 saturated carbocycles. The number of aryl methyl sites for hydroxylation is 2. The summed E-state index contributed by atoms with van der Waals surface area (Å²) >= 11 is 0. The van der Waals surface area contributed by atoms with Crippen LogP contribution in [0.3, 0.4) is 0 Å². The zero-order valence-corrected chi connectivity index (χ0v) is 16.4. The maximum absolute atomic E-state index is 12.6. The van der Waals surface area contributed by atoms with E-state index in [1.54, 1.807) is 12.5 Å². The minimum absolute atomic E-state index is 0.111. The lowest BCUT2D eigenvalue weighted by atomic mass is 9.76. The van der Waals surface area contributed by atoms with Gasteiger partial charge >= 0.3 is 5.97 Å². The highest BCUT2D eigenvalue weighted by molar-refractivity contribution is 5.80. The Bertz CT molecular complexity index is 830. The molecule has 8 heteroatoms. The first-order valence-corrected chi connectivity index (χ1v) is 9.83. The summed E-state index contributed by atoms with van der Waals surface area (Å²) in [7, 11) is 0. The van der Waals surface area contributed by atoms with Gasteiger partial charge in [-0.25, -0.2) is 4.98 Å². The average Bonchev–Trinajstić information content (AvgIpc) is 3.37. The molecule has 1 unspecified atom stereocenters. The zero-order valence-electron chi connectivity index (χ0n) is 16.4. The predicted molar refractivity (Wildman–Crippen MR) is 99.3 cm³/mol. The maximum Gasteiger partial charge on any atom is 0.312 e. The Hall–Kier alpha value is -2.64. The molecule has 1 amide bonds. The number of likely N-dealkylation sites (tertiary alicyclic amines) is 1. The number of nitrogens with zero attached hydrogens (tertiary/aromatic N) is 4. The molecule has 8 nitrogen and oxygen atoms in total. The van der Waals surface area contributed by atoms with Gasteiger partial charge in [0, 0.05) is 43.9 Å². The molecule has 4 heterocycles. The number of carbonyl (C=O) groups is 2. The van der Waals surface area contributed by atoms with Crippen LogP contribution in [0.2, 0.25) is 0 Å². The van der Waals surface area contributed by atoms with E-state index in [1.807, 2.05) is 29.5 Å². The van der Waals surface area contributed by atoms with Crippen LogP contribution >= 0.6 is 0 Å². The van der Waals surface area contributed by atoms with Gasteiger partial charge in [0.2, 0.25) is 5.91 Å². The Labute approximate surface area is 163 Å². The van der Waals surface area contributed by atoms with Crippen LogP contribution in [0.4, 0.5) is 0 Å². The van der Waals surface area contributed by atoms with Gasteiger partial charge < -0.3 is 18.7 Å². The third-order valence-corrected chi connectivity index (χ3v) is 6.14. The van der Waals surface area contributed by atoms with Crippen LogP contribution in [-0.4, -0.2) is 50.7 Å². The molecular weight excluding hydrogens is 360 g/mol. The maximum atomic E-state index is 12.6. The lowest BCUT2D eigenvalue weighted by Crippen LogP contribution is -2.45. The molecule has 0 bridgehead atoms. The van der Waals surface area contributed by atoms with Crippen molar-refractivity contribution in [2.45, 2.75) is 58.6 Å². The predicted octanol–water partition coefficient (Wildman–Crippen LogP) is 2.05. The first-order chi connectivity index (χ1) is 13.5. The minimum atomic E-state index is -0.441. The van der Waals surface area contributed by atoms with Crippen molar-refractivity contribution in [3.63, 3.8) is 0 Å². The molecule has 1 atom stereocenters. The molecule has 1 spiro atoms. The van der Waals surface area contributed by atoms with Crippen molar-refractivity contribution in [3.05, 3.63) is 35.7 Å². The molecule has 2 saturated heterocycles. The van der Waals surface area contributed by atoms with Gasteiger partial charge in [-0.05, 0) is 33.1 Å². The topological polar surface area (TPSA) is 90.5 Å². The number of esters is 1. The summed E-state index contributed by atoms with van der Waals surface area (Å²) in [5.41, 5.74) is 1.42. The SMILES string of the molecule is Cc1noc(C)c1CCC(=O)N1CCC2(CC1)CC(Cn1ccnc1)OC2=O. The molecule has 0 aliphatic carbocycles. The summed E-state index contributed by atoms with van der Waals surface area (Å²) in [6.07, 6.45) is 8.33. The third kappa shape index (κ3) is 3.55. The second-order valence-electron chi connectivity index (χ2n) is 7.95. The van der Waals surface area contributed by atoms with Gasteiger partial charge in [-0.3, -0.25) is 9.59 Å². The third-order valence-electron chi connectivity index (χ3n) is 6.14. The second kappa shape index (κ2) is 7.41. The summed E-state index contributed by atoms with van der Waals surface area (Å²) in [5, 5.41) is 3.94. The quantitative estimate of drug-likeness (QED) is 0.731. The smallest absolute Gasteiger partial charge is 0.312 e. The Morgan fingerprint density at radius 1 is 1.32 bits per heavy atom. The van der Waals surface area contributed by atoms with E-state index in [4.69, 9.17) is 9.26 Å². The van der Waals surface area contributed by atoms with E-state index in [2.05, 4.69) is 10.1 Å². The van der Waals surface area contributed by atoms with E-state index in [9.17, 15) is 9.59 Å². The number of piperidine rings is 1. The van der Waals surface area contributed by atoms with Crippen LogP contribution in [0.1, 0.15) is 42.7 Å². The van der Waals surface area contributed by atoms with Gasteiger partial charge in [-0.2, -0.15) is 0 Å². The number of hydrogen-bond acceptors (Lipinski definition) is 6. The van der Waals surface area contributed by atoms with Gasteiger partial charge in [0.05, 0.1) is 24.0 Å². The lowest BCUT2D eigenvalue weighted by Gasteiger charge is -2.36. The number of hydrogen-bond donors (Lipinski definition) is 0. The highest BCUT2D eigenvalue weighted by Crippen LogP contribution is 2.43. The second-order valence-corrected chi connectivity index (χ2v) is 7.95. The number of aromatic nitrogens is 3. The number of amides is 1. The summed E-state index contributed by atoms with van der Waals surface area (Å²) in [6.45, 7) is 5.61. The van der Waals surface area contributed by atoms with Gasteiger partial charge in [-0.1, -0.05) is 5.16 Å². The molecule has 28 heavy (non-hydrogen) atoms. The molecule has 0 N–H and O–H groups in total. The fraction of sp³-hybridized carbons (Fsp3) is 0.600. The van der Waals surface area contributed by atoms with Crippen molar-refractivity contribution < 1.29 is 18.8 Å². The average molecular weight is 386 g/mol. The summed E-state index contributed by atoms with van der Waals surface area (Å²) in [4.78, 5) is 31.1. The summed E-state index contributed by atoms with van der Waals surface area (Å²) in [6, 6.07) is 0. The summed E-state index contributed by atoms with van der Waals surface area (Å²) < 4.78 is 12.7. The molecule has 150 valence electrons. The molecule has 0 aromatic carbocycles. The van der Waals surface area contributed by atoms with Crippen molar-refractivity contribution in [1.29, 1.82) is 0 Å². The molecule has 4 rings (SSSR count). The molecule has 0 radical (unpaired) electrons. The fourth-order valence-electron chi connectivity index (χ4n) is 4.41. The van der Waals surface area contributed by atoms with Crippen molar-refractivity contribution >= 4 is 11.9 Å². The fourth-order valence-corrected chi connectivity index (χ4v) is 4.41. The molecule has 2 aliphatic rings. The number of rotatable bonds is 5. The molecule has 2 aromatic rings. The first kappa shape index (κ1) is 18.7. The Balaban J connectivity index is 1.30. The van der Waals surface area contributed by atoms with Crippen molar-refractivity contribution in [2.24, 2.45) is 5.41 Å². The molecule has 2 aromatic heterocycles. The largest absolute Gasteiger partial charge is 0.460 e. The van der Waals surface area contributed by atoms with Crippen LogP contribution in [0.15, 0.2) is 23.2 Å². The van der Waals surface area contributed by atoms with Crippen molar-refractivity contribution in [3.8, 4) is 0 Å². The van der Waals surface area contributed by atoms with Crippen LogP contribution < -0.4 is 0 Å². The highest BCUT2D eigenvalue weighted by atomic mass is 16.6. The Morgan fingerprint density at radius 3 is 2.75 bits per heavy atom. The van der Waals surface area contributed by atoms with Gasteiger partial charge in [0.1, 0.15) is 11.9 Å². The molecular formula is C20H26N4O4. The van der Waals surface area contributed by atoms with Crippen molar-refractivity contribution in [1.82, 2.24) is 19.6 Å². The van der Waals surface area contributed by atoms with Crippen LogP contribution in [-0.2, 0) is 27.3 Å². The van der Waals surface area contributed by atoms with Gasteiger partial charge in [-0.15, -0.1) is 0 Å². The van der Waals surface area contributed by atoms with Crippen molar-refractivity contribution in [2.75, 3.05) is 13.1 Å². The summed E-state index contributed by atoms with van der Waals surface area (Å²) in [5.74, 6) is 0.789. The zero-order chi connectivity index (χ0) is 19.7. The lowest BCUT2D eigenvalue weighted by molar-refractivity contribution is -0.152. The number of cyclic esters (lactones) is 1. The Kier molecular flexibility index (Phi) is 4.95. The van der Waals surface area contributed by atoms with E-state index in [1.165, 1.54) is 0 Å². The molecule has 2 fully saturated rings. The van der Waals surface area contributed by atoms with Gasteiger partial charge in [0.15, 0.2) is 0 Å². The van der Waals surface area contributed by atoms with E-state index < -0.39 is 5.41 Å². The standard InChI is InChI=1S/C20H26N4O4/c1-14-17(15(2)28-22-14)3-4-18(25)24-8-5-20(6-9-24)11-16(27-19(20)26)12-23-10-7-21-13-23/h7,10,13,16H,3-6,8-9,11-12H2,1-2H3. The van der Waals surface area contributed by atoms with Gasteiger partial charge in [0.25, 0.3) is 0 Å². The monoisotopic (exact) mass is 386 g/mol.